The molecule has 0 aliphatic carbocycles. The molecule has 1 aliphatic rings. The van der Waals surface area contributed by atoms with Crippen molar-refractivity contribution >= 4 is 34.8 Å². The number of alkyl halides is 1. The van der Waals surface area contributed by atoms with E-state index < -0.39 is 48.0 Å². The van der Waals surface area contributed by atoms with E-state index in [-0.39, 0.29) is 40.3 Å². The Labute approximate surface area is 379 Å². The van der Waals surface area contributed by atoms with Crippen molar-refractivity contribution in [2.45, 2.75) is 30.2 Å². The number of esters is 1. The van der Waals surface area contributed by atoms with Gasteiger partial charge < -0.3 is 23.7 Å². The number of nitrogens with zero attached hydrogens (tertiary/aromatic N) is 5. The van der Waals surface area contributed by atoms with Gasteiger partial charge in [-0.15, -0.1) is 0 Å². The lowest BCUT2D eigenvalue weighted by atomic mass is 9.80. The van der Waals surface area contributed by atoms with Crippen LogP contribution in [0.15, 0.2) is 183 Å². The zero-order valence-corrected chi connectivity index (χ0v) is 35.7. The van der Waals surface area contributed by atoms with Gasteiger partial charge in [-0.05, 0) is 77.4 Å². The third kappa shape index (κ3) is 8.26. The third-order valence-corrected chi connectivity index (χ3v) is 11.4. The lowest BCUT2D eigenvalue weighted by molar-refractivity contribution is -0.0957. The van der Waals surface area contributed by atoms with Gasteiger partial charge in [0.1, 0.15) is 29.5 Å². The van der Waals surface area contributed by atoms with Gasteiger partial charge in [-0.3, -0.25) is 14.2 Å². The molecule has 2 aromatic heterocycles. The Morgan fingerprint density at radius 2 is 1.12 bits per heavy atom. The van der Waals surface area contributed by atoms with Gasteiger partial charge in [0.25, 0.3) is 11.8 Å². The number of rotatable bonds is 14. The van der Waals surface area contributed by atoms with Crippen LogP contribution in [0.1, 0.15) is 54.0 Å². The highest BCUT2D eigenvalue weighted by Crippen LogP contribution is 2.44. The van der Waals surface area contributed by atoms with Gasteiger partial charge in [-0.2, -0.15) is 0 Å². The van der Waals surface area contributed by atoms with E-state index in [1.54, 1.807) is 105 Å². The van der Waals surface area contributed by atoms with E-state index in [4.69, 9.17) is 23.7 Å². The molecule has 9 rings (SSSR count). The highest BCUT2D eigenvalue weighted by molar-refractivity contribution is 6.27. The smallest absolute Gasteiger partial charge is 0.338 e. The average molecular weight is 884 g/mol. The van der Waals surface area contributed by atoms with Crippen LogP contribution in [0.25, 0.3) is 11.2 Å². The predicted molar refractivity (Wildman–Crippen MR) is 242 cm³/mol. The Balaban J connectivity index is 1.12. The number of aromatic nitrogens is 4. The first-order valence-corrected chi connectivity index (χ1v) is 21.0. The second-order valence-corrected chi connectivity index (χ2v) is 15.3. The largest absolute Gasteiger partial charge is 0.497 e. The molecule has 4 atom stereocenters. The van der Waals surface area contributed by atoms with Gasteiger partial charge in [-0.25, -0.2) is 29.0 Å². The molecule has 14 heteroatoms. The first kappa shape index (κ1) is 43.2. The van der Waals surface area contributed by atoms with Crippen LogP contribution in [0, 0.1) is 0 Å². The molecule has 13 nitrogen and oxygen atoms in total. The Bertz CT molecular complexity index is 2840. The van der Waals surface area contributed by atoms with Crippen molar-refractivity contribution in [3.8, 4) is 11.5 Å². The van der Waals surface area contributed by atoms with Gasteiger partial charge in [0, 0.05) is 11.1 Å². The monoisotopic (exact) mass is 883 g/mol. The number of hydrogen-bond donors (Lipinski definition) is 0. The van der Waals surface area contributed by atoms with Crippen molar-refractivity contribution in [2.24, 2.45) is 0 Å². The number of amides is 2. The fourth-order valence-corrected chi connectivity index (χ4v) is 8.13. The van der Waals surface area contributed by atoms with Crippen LogP contribution in [-0.2, 0) is 19.8 Å². The van der Waals surface area contributed by atoms with E-state index in [1.807, 2.05) is 78.9 Å². The average Bonchev–Trinajstić information content (AvgIpc) is 3.95. The lowest BCUT2D eigenvalue weighted by Crippen LogP contribution is -2.41. The standard InChI is InChI=1S/C52H42FN5O8/c1-62-40-27-23-38(24-28-40)52(37-21-13-6-14-22-37,39-25-29-41(63-2)30-26-39)64-31-42-45(66-51(61)36-19-11-5-12-20-36)43(53)50(65-42)57-33-56-44-46(57)54-32-55-47(44)58(48(59)34-15-7-3-8-16-34)49(60)35-17-9-4-10-18-35/h3-30,32-33,42-43,45,50H,31H2,1-2H3/t42-,43+,45-,50-/m1/s1. The second kappa shape index (κ2) is 19.0. The van der Waals surface area contributed by atoms with Gasteiger partial charge in [0.05, 0.1) is 32.7 Å². The number of methoxy groups -OCH3 is 2. The highest BCUT2D eigenvalue weighted by Gasteiger charge is 2.51. The minimum absolute atomic E-state index is 0.0153. The van der Waals surface area contributed by atoms with Gasteiger partial charge in [-0.1, -0.05) is 109 Å². The molecule has 0 bridgehead atoms. The molecule has 0 saturated carbocycles. The van der Waals surface area contributed by atoms with E-state index in [9.17, 15) is 14.4 Å². The van der Waals surface area contributed by atoms with Crippen molar-refractivity contribution in [3.05, 3.63) is 216 Å². The molecule has 330 valence electrons. The second-order valence-electron chi connectivity index (χ2n) is 15.3. The molecule has 0 unspecified atom stereocenters. The Hall–Kier alpha value is -8.07. The summed E-state index contributed by atoms with van der Waals surface area (Å²) in [5.41, 5.74) is 1.56. The molecule has 0 spiro atoms. The molecule has 66 heavy (non-hydrogen) atoms. The van der Waals surface area contributed by atoms with Crippen molar-refractivity contribution in [1.29, 1.82) is 0 Å². The van der Waals surface area contributed by atoms with Crippen LogP contribution in [-0.4, -0.2) is 76.5 Å². The van der Waals surface area contributed by atoms with Crippen LogP contribution in [0.2, 0.25) is 0 Å². The lowest BCUT2D eigenvalue weighted by Gasteiger charge is -2.37. The molecular formula is C52H42FN5O8. The molecule has 0 N–H and O–H groups in total. The molecule has 1 saturated heterocycles. The van der Waals surface area contributed by atoms with E-state index in [2.05, 4.69) is 15.0 Å². The fourth-order valence-electron chi connectivity index (χ4n) is 8.13. The summed E-state index contributed by atoms with van der Waals surface area (Å²) in [4.78, 5) is 56.5. The number of carbonyl (C=O) groups is 3. The number of carbonyl (C=O) groups excluding carboxylic acids is 3. The molecule has 8 aromatic rings. The number of anilines is 1. The number of imide groups is 1. The van der Waals surface area contributed by atoms with Crippen molar-refractivity contribution in [3.63, 3.8) is 0 Å². The minimum atomic E-state index is -2.01. The fraction of sp³-hybridized carbons (Fsp3) is 0.154. The van der Waals surface area contributed by atoms with E-state index in [1.165, 1.54) is 10.9 Å². The minimum Gasteiger partial charge on any atom is -0.497 e. The van der Waals surface area contributed by atoms with Crippen molar-refractivity contribution in [1.82, 2.24) is 19.5 Å². The quantitative estimate of drug-likeness (QED) is 0.0587. The number of benzene rings is 6. The summed E-state index contributed by atoms with van der Waals surface area (Å²) in [5, 5.41) is 0. The molecule has 2 amide bonds. The van der Waals surface area contributed by atoms with Crippen LogP contribution >= 0.6 is 0 Å². The van der Waals surface area contributed by atoms with Gasteiger partial charge in [0.2, 0.25) is 0 Å². The highest BCUT2D eigenvalue weighted by atomic mass is 19.1. The third-order valence-electron chi connectivity index (χ3n) is 11.4. The number of ether oxygens (including phenoxy) is 5. The zero-order valence-electron chi connectivity index (χ0n) is 35.7. The number of fused-ring (bicyclic) bond motifs is 1. The summed E-state index contributed by atoms with van der Waals surface area (Å²) in [7, 11) is 3.16. The first-order chi connectivity index (χ1) is 32.3. The summed E-state index contributed by atoms with van der Waals surface area (Å²) in [6, 6.07) is 49.2. The molecule has 6 aromatic carbocycles. The van der Waals surface area contributed by atoms with Crippen LogP contribution in [0.4, 0.5) is 10.2 Å². The summed E-state index contributed by atoms with van der Waals surface area (Å²) in [6.45, 7) is -0.297. The van der Waals surface area contributed by atoms with Crippen molar-refractivity contribution in [2.75, 3.05) is 25.7 Å². The molecule has 1 aliphatic heterocycles. The Morgan fingerprint density at radius 1 is 0.636 bits per heavy atom. The normalized spacial score (nSPS) is 17.0. The van der Waals surface area contributed by atoms with Crippen LogP contribution < -0.4 is 14.4 Å². The van der Waals surface area contributed by atoms with Gasteiger partial charge >= 0.3 is 5.97 Å². The van der Waals surface area contributed by atoms with E-state index >= 15 is 4.39 Å². The van der Waals surface area contributed by atoms with E-state index in [0.29, 0.717) is 22.6 Å². The van der Waals surface area contributed by atoms with Crippen LogP contribution in [0.3, 0.4) is 0 Å². The molecule has 0 radical (unpaired) electrons. The maximum absolute atomic E-state index is 17.5. The predicted octanol–water partition coefficient (Wildman–Crippen LogP) is 8.80. The maximum Gasteiger partial charge on any atom is 0.338 e. The molecule has 3 heterocycles. The topological polar surface area (TPSA) is 144 Å². The summed E-state index contributed by atoms with van der Waals surface area (Å²) >= 11 is 0. The zero-order chi connectivity index (χ0) is 45.6. The van der Waals surface area contributed by atoms with E-state index in [0.717, 1.165) is 16.8 Å². The Kier molecular flexibility index (Phi) is 12.4. The number of hydrogen-bond acceptors (Lipinski definition) is 11. The number of halogens is 1. The summed E-state index contributed by atoms with van der Waals surface area (Å²) in [6.07, 6.45) is -3.78. The van der Waals surface area contributed by atoms with Gasteiger partial charge in [0.15, 0.2) is 35.5 Å². The first-order valence-electron chi connectivity index (χ1n) is 21.0. The molecule has 1 fully saturated rings. The van der Waals surface area contributed by atoms with Crippen molar-refractivity contribution < 1.29 is 42.5 Å². The SMILES string of the molecule is COc1ccc(C(OC[C@H]2O[C@@H](n3cnc4c(N(C(=O)c5ccccc5)C(=O)c5ccccc5)ncnc43)[C@@H](F)[C@@H]2OC(=O)c2ccccc2)(c2ccccc2)c2ccc(OC)cc2)cc1. The maximum atomic E-state index is 17.5. The molecular weight excluding hydrogens is 842 g/mol. The Morgan fingerprint density at radius 3 is 1.64 bits per heavy atom. The van der Waals surface area contributed by atoms with Crippen LogP contribution in [0.5, 0.6) is 11.5 Å². The number of imidazole rings is 1. The summed E-state index contributed by atoms with van der Waals surface area (Å²) < 4.78 is 49.6. The summed E-state index contributed by atoms with van der Waals surface area (Å²) in [5.74, 6) is -0.982.